The molecule has 0 saturated heterocycles. The lowest BCUT2D eigenvalue weighted by Gasteiger charge is -2.14. The van der Waals surface area contributed by atoms with Crippen molar-refractivity contribution in [1.82, 2.24) is 5.32 Å². The molecule has 1 heterocycles. The number of carbonyl (C=O) groups is 1. The van der Waals surface area contributed by atoms with Crippen molar-refractivity contribution >= 4 is 44.8 Å². The molecule has 0 spiro atoms. The van der Waals surface area contributed by atoms with Crippen LogP contribution in [0.5, 0.6) is 0 Å². The predicted octanol–water partition coefficient (Wildman–Crippen LogP) is 3.13. The third-order valence-electron chi connectivity index (χ3n) is 2.37. The molecule has 1 aliphatic carbocycles. The molecule has 0 bridgehead atoms. The summed E-state index contributed by atoms with van der Waals surface area (Å²) in [4.78, 5) is 12.5. The summed E-state index contributed by atoms with van der Waals surface area (Å²) in [5.74, 6) is -0.266. The van der Waals surface area contributed by atoms with Gasteiger partial charge in [-0.05, 0) is 34.8 Å². The summed E-state index contributed by atoms with van der Waals surface area (Å²) in [6.07, 6.45) is 2.24. The molecule has 88 valence electrons. The number of hydrogen-bond acceptors (Lipinski definition) is 4. The highest BCUT2D eigenvalue weighted by Gasteiger charge is 2.31. The zero-order chi connectivity index (χ0) is 11.7. The molecule has 1 fully saturated rings. The summed E-state index contributed by atoms with van der Waals surface area (Å²) >= 11 is 10.7. The summed E-state index contributed by atoms with van der Waals surface area (Å²) < 4.78 is 6.27. The van der Waals surface area contributed by atoms with Gasteiger partial charge in [0.2, 0.25) is 0 Å². The number of esters is 1. The number of nitrogens with one attached hydrogen (secondary N) is 1. The van der Waals surface area contributed by atoms with Crippen LogP contribution in [0, 0.1) is 0 Å². The van der Waals surface area contributed by atoms with Crippen molar-refractivity contribution in [2.45, 2.75) is 24.9 Å². The van der Waals surface area contributed by atoms with E-state index in [2.05, 4.69) is 21.2 Å². The summed E-state index contributed by atoms with van der Waals surface area (Å²) in [6.45, 7) is 0. The van der Waals surface area contributed by atoms with E-state index in [1.165, 1.54) is 18.4 Å². The van der Waals surface area contributed by atoms with E-state index in [0.29, 0.717) is 10.4 Å². The van der Waals surface area contributed by atoms with Crippen LogP contribution in [0.3, 0.4) is 0 Å². The van der Waals surface area contributed by atoms with Gasteiger partial charge in [0.05, 0.1) is 7.11 Å². The van der Waals surface area contributed by atoms with Gasteiger partial charge in [0.25, 0.3) is 0 Å². The maximum absolute atomic E-state index is 11.7. The Morgan fingerprint density at radius 3 is 2.88 bits per heavy atom. The first-order valence-corrected chi connectivity index (χ1v) is 6.89. The average molecular weight is 325 g/mol. The highest BCUT2D eigenvalue weighted by atomic mass is 79.9. The lowest BCUT2D eigenvalue weighted by Crippen LogP contribution is -2.30. The molecule has 3 nitrogen and oxygen atoms in total. The van der Waals surface area contributed by atoms with Gasteiger partial charge in [-0.15, -0.1) is 11.3 Å². The first-order valence-electron chi connectivity index (χ1n) is 4.90. The molecule has 16 heavy (non-hydrogen) atoms. The van der Waals surface area contributed by atoms with Crippen molar-refractivity contribution in [3.8, 4) is 0 Å². The zero-order valence-corrected chi connectivity index (χ0v) is 11.8. The minimum atomic E-state index is -0.397. The zero-order valence-electron chi connectivity index (χ0n) is 8.63. The monoisotopic (exact) mass is 323 g/mol. The van der Waals surface area contributed by atoms with Crippen LogP contribution in [-0.2, 0) is 9.53 Å². The first-order chi connectivity index (χ1) is 7.61. The topological polar surface area (TPSA) is 38.3 Å². The molecular weight excluding hydrogens is 314 g/mol. The standard InChI is InChI=1S/C10H11BrClNO2S/c1-15-10(14)8(13-5-2-3-5)7-4-6(11)9(12)16-7/h4-5,8,13H,2-3H2,1H3. The molecule has 1 unspecified atom stereocenters. The van der Waals surface area contributed by atoms with Gasteiger partial charge < -0.3 is 4.74 Å². The number of carbonyl (C=O) groups excluding carboxylic acids is 1. The molecule has 1 atom stereocenters. The maximum atomic E-state index is 11.7. The molecule has 1 aromatic rings. The minimum Gasteiger partial charge on any atom is -0.468 e. The normalized spacial score (nSPS) is 17.2. The fraction of sp³-hybridized carbons (Fsp3) is 0.500. The van der Waals surface area contributed by atoms with E-state index in [-0.39, 0.29) is 5.97 Å². The quantitative estimate of drug-likeness (QED) is 0.865. The van der Waals surface area contributed by atoms with Crippen LogP contribution in [-0.4, -0.2) is 19.1 Å². The van der Waals surface area contributed by atoms with Crippen LogP contribution in [0.2, 0.25) is 4.34 Å². The predicted molar refractivity (Wildman–Crippen MR) is 67.9 cm³/mol. The van der Waals surface area contributed by atoms with Gasteiger partial charge in [-0.3, -0.25) is 5.32 Å². The van der Waals surface area contributed by atoms with Crippen molar-refractivity contribution in [2.24, 2.45) is 0 Å². The van der Waals surface area contributed by atoms with Crippen molar-refractivity contribution in [1.29, 1.82) is 0 Å². The Morgan fingerprint density at radius 2 is 2.44 bits per heavy atom. The van der Waals surface area contributed by atoms with Gasteiger partial charge in [-0.1, -0.05) is 11.6 Å². The molecule has 1 aromatic heterocycles. The fourth-order valence-corrected chi connectivity index (χ4v) is 3.16. The highest BCUT2D eigenvalue weighted by Crippen LogP contribution is 2.36. The van der Waals surface area contributed by atoms with Crippen LogP contribution in [0.4, 0.5) is 0 Å². The first kappa shape index (κ1) is 12.4. The summed E-state index contributed by atoms with van der Waals surface area (Å²) in [5, 5.41) is 3.25. The third kappa shape index (κ3) is 2.77. The van der Waals surface area contributed by atoms with Crippen molar-refractivity contribution in [2.75, 3.05) is 7.11 Å². The third-order valence-corrected chi connectivity index (χ3v) is 4.90. The summed E-state index contributed by atoms with van der Waals surface area (Å²) in [6, 6.07) is 1.90. The Hall–Kier alpha value is -0.100. The molecular formula is C10H11BrClNO2S. The number of hydrogen-bond donors (Lipinski definition) is 1. The Kier molecular flexibility index (Phi) is 3.89. The molecule has 6 heteroatoms. The fourth-order valence-electron chi connectivity index (χ4n) is 1.38. The van der Waals surface area contributed by atoms with Crippen LogP contribution in [0.15, 0.2) is 10.5 Å². The number of thiophene rings is 1. The number of methoxy groups -OCH3 is 1. The molecule has 2 rings (SSSR count). The highest BCUT2D eigenvalue weighted by molar-refractivity contribution is 9.10. The molecule has 0 amide bonds. The number of ether oxygens (including phenoxy) is 1. The van der Waals surface area contributed by atoms with Gasteiger partial charge in [-0.2, -0.15) is 0 Å². The van der Waals surface area contributed by atoms with E-state index in [1.807, 2.05) is 6.07 Å². The van der Waals surface area contributed by atoms with Crippen molar-refractivity contribution in [3.63, 3.8) is 0 Å². The minimum absolute atomic E-state index is 0.266. The second kappa shape index (κ2) is 5.04. The number of halogens is 2. The van der Waals surface area contributed by atoms with E-state index >= 15 is 0 Å². The van der Waals surface area contributed by atoms with Gasteiger partial charge in [0, 0.05) is 15.4 Å². The Morgan fingerprint density at radius 1 is 1.75 bits per heavy atom. The second-order valence-electron chi connectivity index (χ2n) is 3.67. The SMILES string of the molecule is COC(=O)C(NC1CC1)c1cc(Br)c(Cl)s1. The summed E-state index contributed by atoms with van der Waals surface area (Å²) in [5.41, 5.74) is 0. The van der Waals surface area contributed by atoms with Gasteiger partial charge in [-0.25, -0.2) is 4.79 Å². The largest absolute Gasteiger partial charge is 0.468 e. The van der Waals surface area contributed by atoms with E-state index < -0.39 is 6.04 Å². The lowest BCUT2D eigenvalue weighted by molar-refractivity contribution is -0.143. The molecule has 0 aromatic carbocycles. The average Bonchev–Trinajstić information content (AvgIpc) is 3.02. The van der Waals surface area contributed by atoms with Crippen molar-refractivity contribution < 1.29 is 9.53 Å². The van der Waals surface area contributed by atoms with E-state index in [9.17, 15) is 4.79 Å². The Balaban J connectivity index is 2.19. The second-order valence-corrected chi connectivity index (χ2v) is 6.21. The Bertz CT molecular complexity index is 386. The van der Waals surface area contributed by atoms with Gasteiger partial charge in [0.15, 0.2) is 0 Å². The van der Waals surface area contributed by atoms with Crippen LogP contribution in [0.1, 0.15) is 23.8 Å². The molecule has 0 radical (unpaired) electrons. The van der Waals surface area contributed by atoms with E-state index in [4.69, 9.17) is 16.3 Å². The van der Waals surface area contributed by atoms with Crippen LogP contribution in [0.25, 0.3) is 0 Å². The van der Waals surface area contributed by atoms with Crippen LogP contribution >= 0.6 is 38.9 Å². The Labute approximate surface area is 111 Å². The molecule has 0 aliphatic heterocycles. The molecule has 1 saturated carbocycles. The number of rotatable bonds is 4. The van der Waals surface area contributed by atoms with E-state index in [1.54, 1.807) is 0 Å². The smallest absolute Gasteiger partial charge is 0.328 e. The van der Waals surface area contributed by atoms with Crippen molar-refractivity contribution in [3.05, 3.63) is 19.8 Å². The van der Waals surface area contributed by atoms with E-state index in [0.717, 1.165) is 22.2 Å². The van der Waals surface area contributed by atoms with Crippen LogP contribution < -0.4 is 5.32 Å². The molecule has 1 N–H and O–H groups in total. The summed E-state index contributed by atoms with van der Waals surface area (Å²) in [7, 11) is 1.40. The molecule has 1 aliphatic rings. The van der Waals surface area contributed by atoms with Gasteiger partial charge in [0.1, 0.15) is 10.4 Å². The maximum Gasteiger partial charge on any atom is 0.328 e. The lowest BCUT2D eigenvalue weighted by atomic mass is 10.2. The van der Waals surface area contributed by atoms with Gasteiger partial charge >= 0.3 is 5.97 Å².